The standard InChI is InChI=1S/C26H32N8O3/c1-15(2)33-14-28-31-24(33)20-7-6-8-22(29-20)32-12-19-18(25(32)35)11-23(34-16(3)9-10-17(34)4)30-21(19)13-37-26(36)27-5/h6-8,11,14-17H,9-10,12-13H2,1-5H3,(H,27,36)/t16-,17-/m1/s1. The zero-order valence-corrected chi connectivity index (χ0v) is 21.8. The molecule has 37 heavy (non-hydrogen) atoms. The number of ether oxygens (including phenoxy) is 1. The first-order chi connectivity index (χ1) is 17.8. The molecule has 2 aliphatic heterocycles. The van der Waals surface area contributed by atoms with E-state index in [1.54, 1.807) is 11.2 Å². The Morgan fingerprint density at radius 1 is 1.16 bits per heavy atom. The lowest BCUT2D eigenvalue weighted by Crippen LogP contribution is -2.33. The second kappa shape index (κ2) is 9.79. The van der Waals surface area contributed by atoms with Crippen LogP contribution in [0.4, 0.5) is 16.4 Å². The van der Waals surface area contributed by atoms with Crippen molar-refractivity contribution >= 4 is 23.6 Å². The molecule has 5 heterocycles. The van der Waals surface area contributed by atoms with E-state index in [9.17, 15) is 9.59 Å². The van der Waals surface area contributed by atoms with Gasteiger partial charge in [0.25, 0.3) is 5.91 Å². The van der Waals surface area contributed by atoms with Crippen LogP contribution in [0.5, 0.6) is 0 Å². The molecular weight excluding hydrogens is 472 g/mol. The van der Waals surface area contributed by atoms with Crippen LogP contribution in [0.15, 0.2) is 30.6 Å². The molecule has 0 aromatic carbocycles. The molecule has 3 aromatic rings. The van der Waals surface area contributed by atoms with Gasteiger partial charge in [0.15, 0.2) is 5.82 Å². The van der Waals surface area contributed by atoms with E-state index in [0.29, 0.717) is 40.7 Å². The fraction of sp³-hybridized carbons (Fsp3) is 0.462. The maximum Gasteiger partial charge on any atom is 0.407 e. The molecule has 1 fully saturated rings. The van der Waals surface area contributed by atoms with Gasteiger partial charge in [-0.3, -0.25) is 9.69 Å². The summed E-state index contributed by atoms with van der Waals surface area (Å²) in [6.07, 6.45) is 3.25. The molecule has 1 N–H and O–H groups in total. The molecule has 3 aromatic heterocycles. The third-order valence-electron chi connectivity index (χ3n) is 7.12. The van der Waals surface area contributed by atoms with Crippen LogP contribution >= 0.6 is 0 Å². The maximum atomic E-state index is 13.7. The van der Waals surface area contributed by atoms with Gasteiger partial charge in [-0.2, -0.15) is 0 Å². The highest BCUT2D eigenvalue weighted by molar-refractivity contribution is 6.10. The van der Waals surface area contributed by atoms with Crippen molar-refractivity contribution in [1.82, 2.24) is 30.0 Å². The fourth-order valence-corrected chi connectivity index (χ4v) is 5.14. The number of nitrogens with zero attached hydrogens (tertiary/aromatic N) is 7. The molecule has 0 radical (unpaired) electrons. The number of anilines is 2. The lowest BCUT2D eigenvalue weighted by molar-refractivity contribution is 0.0996. The molecular formula is C26H32N8O3. The lowest BCUT2D eigenvalue weighted by atomic mass is 10.1. The van der Waals surface area contributed by atoms with Crippen LogP contribution in [-0.4, -0.2) is 55.9 Å². The van der Waals surface area contributed by atoms with Crippen LogP contribution < -0.4 is 15.1 Å². The van der Waals surface area contributed by atoms with Crippen LogP contribution in [0.1, 0.15) is 68.2 Å². The summed E-state index contributed by atoms with van der Waals surface area (Å²) in [5.74, 6) is 1.73. The molecule has 0 aliphatic carbocycles. The van der Waals surface area contributed by atoms with Gasteiger partial charge in [0.2, 0.25) is 0 Å². The van der Waals surface area contributed by atoms with Crippen molar-refractivity contribution < 1.29 is 14.3 Å². The van der Waals surface area contributed by atoms with Gasteiger partial charge in [-0.1, -0.05) is 6.07 Å². The Labute approximate surface area is 215 Å². The summed E-state index contributed by atoms with van der Waals surface area (Å²) >= 11 is 0. The van der Waals surface area contributed by atoms with Crippen molar-refractivity contribution in [2.45, 2.75) is 71.8 Å². The van der Waals surface area contributed by atoms with E-state index in [4.69, 9.17) is 14.7 Å². The smallest absolute Gasteiger partial charge is 0.407 e. The van der Waals surface area contributed by atoms with Gasteiger partial charge in [-0.25, -0.2) is 14.8 Å². The lowest BCUT2D eigenvalue weighted by Gasteiger charge is -2.28. The van der Waals surface area contributed by atoms with Crippen molar-refractivity contribution in [3.63, 3.8) is 0 Å². The second-order valence-corrected chi connectivity index (χ2v) is 9.89. The van der Waals surface area contributed by atoms with Gasteiger partial charge in [0, 0.05) is 30.7 Å². The van der Waals surface area contributed by atoms with Crippen molar-refractivity contribution in [3.8, 4) is 11.5 Å². The average Bonchev–Trinajstić information content (AvgIpc) is 3.60. The van der Waals surface area contributed by atoms with Crippen LogP contribution in [0, 0.1) is 0 Å². The number of aromatic nitrogens is 5. The number of carbonyl (C=O) groups excluding carboxylic acids is 2. The summed E-state index contributed by atoms with van der Waals surface area (Å²) in [5.41, 5.74) is 2.52. The van der Waals surface area contributed by atoms with Gasteiger partial charge >= 0.3 is 6.09 Å². The van der Waals surface area contributed by atoms with E-state index in [-0.39, 0.29) is 25.1 Å². The highest BCUT2D eigenvalue weighted by Gasteiger charge is 2.36. The molecule has 11 nitrogen and oxygen atoms in total. The van der Waals surface area contributed by atoms with Crippen LogP contribution in [0.25, 0.3) is 11.5 Å². The first kappa shape index (κ1) is 24.7. The number of carbonyl (C=O) groups is 2. The average molecular weight is 505 g/mol. The minimum Gasteiger partial charge on any atom is -0.443 e. The third-order valence-corrected chi connectivity index (χ3v) is 7.12. The number of pyridine rings is 2. The van der Waals surface area contributed by atoms with Crippen molar-refractivity contribution in [3.05, 3.63) is 47.4 Å². The topological polar surface area (TPSA) is 118 Å². The Kier molecular flexibility index (Phi) is 6.53. The van der Waals surface area contributed by atoms with Crippen LogP contribution in [-0.2, 0) is 17.9 Å². The number of hydrogen-bond donors (Lipinski definition) is 1. The molecule has 2 aliphatic rings. The number of alkyl carbamates (subject to hydrolysis) is 1. The first-order valence-electron chi connectivity index (χ1n) is 12.6. The summed E-state index contributed by atoms with van der Waals surface area (Å²) in [4.78, 5) is 39.1. The minimum atomic E-state index is -0.548. The maximum absolute atomic E-state index is 13.7. The molecule has 0 unspecified atom stereocenters. The fourth-order valence-electron chi connectivity index (χ4n) is 5.14. The molecule has 0 saturated carbocycles. The first-order valence-corrected chi connectivity index (χ1v) is 12.6. The van der Waals surface area contributed by atoms with E-state index >= 15 is 0 Å². The Morgan fingerprint density at radius 2 is 1.92 bits per heavy atom. The van der Waals surface area contributed by atoms with Gasteiger partial charge in [-0.05, 0) is 58.7 Å². The summed E-state index contributed by atoms with van der Waals surface area (Å²) < 4.78 is 7.30. The Balaban J connectivity index is 1.52. The predicted molar refractivity (Wildman–Crippen MR) is 138 cm³/mol. The van der Waals surface area contributed by atoms with E-state index in [0.717, 1.165) is 24.2 Å². The number of rotatable bonds is 6. The van der Waals surface area contributed by atoms with Gasteiger partial charge in [0.05, 0.1) is 17.8 Å². The molecule has 1 saturated heterocycles. The summed E-state index contributed by atoms with van der Waals surface area (Å²) in [6, 6.07) is 8.17. The molecule has 11 heteroatoms. The zero-order chi connectivity index (χ0) is 26.3. The van der Waals surface area contributed by atoms with Crippen LogP contribution in [0.3, 0.4) is 0 Å². The minimum absolute atomic E-state index is 0.0292. The van der Waals surface area contributed by atoms with Crippen molar-refractivity contribution in [2.24, 2.45) is 0 Å². The number of amides is 2. The monoisotopic (exact) mass is 504 g/mol. The molecule has 2 atom stereocenters. The molecule has 2 amide bonds. The quantitative estimate of drug-likeness (QED) is 0.540. The van der Waals surface area contributed by atoms with E-state index in [2.05, 4.69) is 34.3 Å². The number of hydrogen-bond acceptors (Lipinski definition) is 8. The molecule has 5 rings (SSSR count). The Morgan fingerprint density at radius 3 is 2.62 bits per heavy atom. The van der Waals surface area contributed by atoms with Gasteiger partial charge in [0.1, 0.15) is 30.3 Å². The van der Waals surface area contributed by atoms with E-state index in [1.807, 2.05) is 42.7 Å². The predicted octanol–water partition coefficient (Wildman–Crippen LogP) is 3.71. The third kappa shape index (κ3) is 4.49. The summed E-state index contributed by atoms with van der Waals surface area (Å²) in [6.45, 7) is 8.68. The zero-order valence-electron chi connectivity index (χ0n) is 21.8. The summed E-state index contributed by atoms with van der Waals surface area (Å²) in [5, 5.41) is 10.7. The molecule has 0 bridgehead atoms. The Hall–Kier alpha value is -4.02. The highest BCUT2D eigenvalue weighted by atomic mass is 16.5. The normalized spacial score (nSPS) is 19.0. The highest BCUT2D eigenvalue weighted by Crippen LogP contribution is 2.36. The van der Waals surface area contributed by atoms with Gasteiger partial charge < -0.3 is 19.5 Å². The molecule has 194 valence electrons. The van der Waals surface area contributed by atoms with Gasteiger partial charge in [-0.15, -0.1) is 10.2 Å². The van der Waals surface area contributed by atoms with E-state index < -0.39 is 6.09 Å². The van der Waals surface area contributed by atoms with Crippen molar-refractivity contribution in [2.75, 3.05) is 16.8 Å². The van der Waals surface area contributed by atoms with Crippen LogP contribution in [0.2, 0.25) is 0 Å². The second-order valence-electron chi connectivity index (χ2n) is 9.89. The SMILES string of the molecule is CNC(=O)OCc1nc(N2[C@H](C)CC[C@H]2C)cc2c1CN(c1cccc(-c3nncn3C(C)C)n1)C2=O. The number of nitrogens with one attached hydrogen (secondary N) is 1. The Bertz CT molecular complexity index is 1330. The summed E-state index contributed by atoms with van der Waals surface area (Å²) in [7, 11) is 1.51. The number of fused-ring (bicyclic) bond motifs is 1. The largest absolute Gasteiger partial charge is 0.443 e. The van der Waals surface area contributed by atoms with Crippen molar-refractivity contribution in [1.29, 1.82) is 0 Å². The van der Waals surface area contributed by atoms with E-state index in [1.165, 1.54) is 7.05 Å². The molecule has 0 spiro atoms.